The first-order valence-corrected chi connectivity index (χ1v) is 3.36. The summed E-state index contributed by atoms with van der Waals surface area (Å²) >= 11 is 1.75. The molecule has 0 aromatic heterocycles. The topological polar surface area (TPSA) is 20.2 Å². The largest absolute Gasteiger partial charge is 0.384 e. The molecule has 40 valence electrons. The zero-order valence-corrected chi connectivity index (χ0v) is 4.87. The summed E-state index contributed by atoms with van der Waals surface area (Å²) in [5.74, 6) is 1.66. The van der Waals surface area contributed by atoms with E-state index in [1.807, 2.05) is 0 Å². The molecule has 0 atom stereocenters. The molecule has 0 spiro atoms. The molecule has 1 rings (SSSR count). The first-order chi connectivity index (χ1) is 3.27. The molecular formula is C5H8OS. The Balaban J connectivity index is 2.43. The Bertz CT molecular complexity index is 86.1. The summed E-state index contributed by atoms with van der Waals surface area (Å²) in [7, 11) is 0. The van der Waals surface area contributed by atoms with Gasteiger partial charge in [0.1, 0.15) is 5.60 Å². The Morgan fingerprint density at radius 2 is 2.29 bits per heavy atom. The molecule has 1 nitrogen and oxygen atoms in total. The summed E-state index contributed by atoms with van der Waals surface area (Å²) in [4.78, 5) is 0. The van der Waals surface area contributed by atoms with E-state index in [4.69, 9.17) is 5.11 Å². The van der Waals surface area contributed by atoms with Gasteiger partial charge in [-0.3, -0.25) is 0 Å². The molecule has 1 saturated heterocycles. The molecule has 0 amide bonds. The minimum Gasteiger partial charge on any atom is -0.384 e. The summed E-state index contributed by atoms with van der Waals surface area (Å²) in [6.45, 7) is 3.49. The van der Waals surface area contributed by atoms with Crippen molar-refractivity contribution in [3.05, 3.63) is 12.7 Å². The molecule has 0 aromatic carbocycles. The van der Waals surface area contributed by atoms with Crippen molar-refractivity contribution >= 4 is 11.8 Å². The molecular weight excluding hydrogens is 108 g/mol. The second kappa shape index (κ2) is 1.53. The number of rotatable bonds is 1. The molecule has 1 aliphatic rings. The number of aliphatic hydroxyl groups is 1. The van der Waals surface area contributed by atoms with E-state index >= 15 is 0 Å². The van der Waals surface area contributed by atoms with Crippen LogP contribution in [0, 0.1) is 0 Å². The third-order valence-corrected chi connectivity index (χ3v) is 2.49. The average Bonchev–Trinajstić information content (AvgIpc) is 1.61. The molecule has 0 saturated carbocycles. The summed E-state index contributed by atoms with van der Waals surface area (Å²) < 4.78 is 0. The molecule has 0 bridgehead atoms. The summed E-state index contributed by atoms with van der Waals surface area (Å²) in [5, 5.41) is 9.08. The zero-order valence-electron chi connectivity index (χ0n) is 4.05. The molecule has 1 heterocycles. The van der Waals surface area contributed by atoms with Crippen molar-refractivity contribution in [1.29, 1.82) is 0 Å². The van der Waals surface area contributed by atoms with Crippen molar-refractivity contribution in [2.75, 3.05) is 11.5 Å². The van der Waals surface area contributed by atoms with Crippen molar-refractivity contribution in [2.45, 2.75) is 5.60 Å². The van der Waals surface area contributed by atoms with E-state index in [0.29, 0.717) is 0 Å². The van der Waals surface area contributed by atoms with Crippen LogP contribution in [0.5, 0.6) is 0 Å². The van der Waals surface area contributed by atoms with Gasteiger partial charge in [0.05, 0.1) is 0 Å². The number of thioether (sulfide) groups is 1. The van der Waals surface area contributed by atoms with Crippen molar-refractivity contribution in [3.63, 3.8) is 0 Å². The fourth-order valence-corrected chi connectivity index (χ4v) is 1.29. The smallest absolute Gasteiger partial charge is 0.100 e. The van der Waals surface area contributed by atoms with Gasteiger partial charge in [0.2, 0.25) is 0 Å². The van der Waals surface area contributed by atoms with Gasteiger partial charge in [0, 0.05) is 11.5 Å². The molecule has 0 unspecified atom stereocenters. The Morgan fingerprint density at radius 1 is 1.71 bits per heavy atom. The predicted octanol–water partition coefficient (Wildman–Crippen LogP) is 0.650. The number of hydrogen-bond donors (Lipinski definition) is 1. The highest BCUT2D eigenvalue weighted by atomic mass is 32.2. The maximum atomic E-state index is 9.08. The average molecular weight is 116 g/mol. The lowest BCUT2D eigenvalue weighted by Gasteiger charge is -2.32. The van der Waals surface area contributed by atoms with Gasteiger partial charge < -0.3 is 5.11 Å². The van der Waals surface area contributed by atoms with Crippen LogP contribution < -0.4 is 0 Å². The van der Waals surface area contributed by atoms with Gasteiger partial charge in [-0.1, -0.05) is 6.08 Å². The first-order valence-electron chi connectivity index (χ1n) is 2.20. The van der Waals surface area contributed by atoms with Gasteiger partial charge >= 0.3 is 0 Å². The normalized spacial score (nSPS) is 25.9. The molecule has 0 radical (unpaired) electrons. The van der Waals surface area contributed by atoms with Crippen LogP contribution in [0.15, 0.2) is 12.7 Å². The summed E-state index contributed by atoms with van der Waals surface area (Å²) in [5.41, 5.74) is -0.509. The van der Waals surface area contributed by atoms with Crippen LogP contribution in [0.25, 0.3) is 0 Å². The van der Waals surface area contributed by atoms with Gasteiger partial charge in [0.25, 0.3) is 0 Å². The molecule has 0 aliphatic carbocycles. The van der Waals surface area contributed by atoms with Crippen LogP contribution in [-0.2, 0) is 0 Å². The minimum absolute atomic E-state index is 0.509. The second-order valence-corrected chi connectivity index (χ2v) is 2.79. The minimum atomic E-state index is -0.509. The van der Waals surface area contributed by atoms with Crippen molar-refractivity contribution < 1.29 is 5.11 Å². The lowest BCUT2D eigenvalue weighted by molar-refractivity contribution is 0.131. The van der Waals surface area contributed by atoms with Crippen molar-refractivity contribution in [1.82, 2.24) is 0 Å². The van der Waals surface area contributed by atoms with Crippen LogP contribution in [0.2, 0.25) is 0 Å². The highest BCUT2D eigenvalue weighted by Crippen LogP contribution is 2.29. The van der Waals surface area contributed by atoms with Gasteiger partial charge in [-0.25, -0.2) is 0 Å². The maximum Gasteiger partial charge on any atom is 0.100 e. The maximum absolute atomic E-state index is 9.08. The van der Waals surface area contributed by atoms with Crippen molar-refractivity contribution in [3.8, 4) is 0 Å². The van der Waals surface area contributed by atoms with E-state index < -0.39 is 5.60 Å². The van der Waals surface area contributed by atoms with Gasteiger partial charge in [-0.15, -0.1) is 6.58 Å². The molecule has 7 heavy (non-hydrogen) atoms. The van der Waals surface area contributed by atoms with Gasteiger partial charge in [-0.2, -0.15) is 11.8 Å². The number of hydrogen-bond acceptors (Lipinski definition) is 2. The van der Waals surface area contributed by atoms with Crippen LogP contribution in [0.3, 0.4) is 0 Å². The lowest BCUT2D eigenvalue weighted by atomic mass is 10.1. The molecule has 1 aliphatic heterocycles. The van der Waals surface area contributed by atoms with E-state index in [1.165, 1.54) is 0 Å². The van der Waals surface area contributed by atoms with Crippen LogP contribution >= 0.6 is 11.8 Å². The van der Waals surface area contributed by atoms with E-state index in [9.17, 15) is 0 Å². The molecule has 1 fully saturated rings. The third kappa shape index (κ3) is 0.813. The standard InChI is InChI=1S/C5H8OS/c1-2-5(6)3-7-4-5/h2,6H,1,3-4H2. The van der Waals surface area contributed by atoms with E-state index in [1.54, 1.807) is 17.8 Å². The summed E-state index contributed by atoms with van der Waals surface area (Å²) in [6.07, 6.45) is 1.61. The van der Waals surface area contributed by atoms with E-state index in [0.717, 1.165) is 11.5 Å². The molecule has 0 aromatic rings. The van der Waals surface area contributed by atoms with Gasteiger partial charge in [-0.05, 0) is 0 Å². The Morgan fingerprint density at radius 3 is 2.29 bits per heavy atom. The SMILES string of the molecule is C=CC1(O)CSC1. The van der Waals surface area contributed by atoms with Crippen LogP contribution in [0.1, 0.15) is 0 Å². The molecule has 1 N–H and O–H groups in total. The quantitative estimate of drug-likeness (QED) is 0.508. The van der Waals surface area contributed by atoms with E-state index in [2.05, 4.69) is 6.58 Å². The fourth-order valence-electron chi connectivity index (χ4n) is 0.429. The summed E-state index contributed by atoms with van der Waals surface area (Å²) in [6, 6.07) is 0. The predicted molar refractivity (Wildman–Crippen MR) is 32.5 cm³/mol. The second-order valence-electron chi connectivity index (χ2n) is 1.80. The van der Waals surface area contributed by atoms with Crippen molar-refractivity contribution in [2.24, 2.45) is 0 Å². The van der Waals surface area contributed by atoms with E-state index in [-0.39, 0.29) is 0 Å². The third-order valence-electron chi connectivity index (χ3n) is 1.08. The fraction of sp³-hybridized carbons (Fsp3) is 0.600. The van der Waals surface area contributed by atoms with Gasteiger partial charge in [0.15, 0.2) is 0 Å². The Kier molecular flexibility index (Phi) is 1.13. The Hall–Kier alpha value is 0.0500. The first kappa shape index (κ1) is 5.19. The Labute approximate surface area is 47.4 Å². The highest BCUT2D eigenvalue weighted by Gasteiger charge is 2.31. The highest BCUT2D eigenvalue weighted by molar-refractivity contribution is 8.00. The monoisotopic (exact) mass is 116 g/mol. The molecule has 2 heteroatoms. The van der Waals surface area contributed by atoms with Crippen LogP contribution in [0.4, 0.5) is 0 Å². The van der Waals surface area contributed by atoms with Crippen LogP contribution in [-0.4, -0.2) is 22.2 Å². The lowest BCUT2D eigenvalue weighted by Crippen LogP contribution is -2.40. The zero-order chi connectivity index (χ0) is 5.33.